The first kappa shape index (κ1) is 12.6. The molecular formula is C13H23N3O. The summed E-state index contributed by atoms with van der Waals surface area (Å²) in [6, 6.07) is 0. The predicted octanol–water partition coefficient (Wildman–Crippen LogP) is 1.72. The van der Waals surface area contributed by atoms with Crippen molar-refractivity contribution in [2.45, 2.75) is 44.8 Å². The van der Waals surface area contributed by atoms with E-state index in [1.54, 1.807) is 6.20 Å². The van der Waals surface area contributed by atoms with Gasteiger partial charge in [0, 0.05) is 25.0 Å². The van der Waals surface area contributed by atoms with Gasteiger partial charge in [-0.1, -0.05) is 6.42 Å². The summed E-state index contributed by atoms with van der Waals surface area (Å²) in [5.41, 5.74) is -0.250. The second kappa shape index (κ2) is 4.78. The molecule has 2 rings (SSSR count). The Morgan fingerprint density at radius 3 is 2.47 bits per heavy atom. The van der Waals surface area contributed by atoms with Gasteiger partial charge in [0.2, 0.25) is 0 Å². The molecule has 0 saturated carbocycles. The zero-order valence-electron chi connectivity index (χ0n) is 11.1. The molecule has 1 aromatic heterocycles. The Morgan fingerprint density at radius 2 is 1.94 bits per heavy atom. The Hall–Kier alpha value is -0.870. The monoisotopic (exact) mass is 237 g/mol. The van der Waals surface area contributed by atoms with Crippen molar-refractivity contribution in [1.29, 1.82) is 0 Å². The molecule has 1 saturated heterocycles. The van der Waals surface area contributed by atoms with E-state index in [0.29, 0.717) is 0 Å². The third kappa shape index (κ3) is 2.38. The molecule has 96 valence electrons. The van der Waals surface area contributed by atoms with Crippen molar-refractivity contribution < 1.29 is 5.11 Å². The molecule has 0 radical (unpaired) electrons. The first-order valence-electron chi connectivity index (χ1n) is 6.44. The normalized spacial score (nSPS) is 20.5. The van der Waals surface area contributed by atoms with Crippen LogP contribution >= 0.6 is 0 Å². The number of hydrogen-bond donors (Lipinski definition) is 1. The highest BCUT2D eigenvalue weighted by atomic mass is 16.3. The van der Waals surface area contributed by atoms with Crippen molar-refractivity contribution in [3.8, 4) is 0 Å². The minimum atomic E-state index is -0.541. The molecular weight excluding hydrogens is 214 g/mol. The molecule has 0 aromatic carbocycles. The fourth-order valence-corrected chi connectivity index (χ4v) is 2.60. The first-order chi connectivity index (χ1) is 8.03. The number of aromatic nitrogens is 2. The number of aliphatic hydroxyl groups is 1. The molecule has 2 heterocycles. The molecule has 1 N–H and O–H groups in total. The van der Waals surface area contributed by atoms with Crippen molar-refractivity contribution in [2.75, 3.05) is 13.1 Å². The van der Waals surface area contributed by atoms with Crippen molar-refractivity contribution in [1.82, 2.24) is 14.5 Å². The van der Waals surface area contributed by atoms with Crippen LogP contribution < -0.4 is 0 Å². The first-order valence-corrected chi connectivity index (χ1v) is 6.44. The third-order valence-electron chi connectivity index (χ3n) is 3.94. The summed E-state index contributed by atoms with van der Waals surface area (Å²) in [7, 11) is 1.93. The minimum Gasteiger partial charge on any atom is -0.383 e. The number of nitrogens with zero attached hydrogens (tertiary/aromatic N) is 3. The fourth-order valence-electron chi connectivity index (χ4n) is 2.60. The molecule has 1 aliphatic heterocycles. The Bertz CT molecular complexity index is 366. The van der Waals surface area contributed by atoms with Gasteiger partial charge in [0.25, 0.3) is 0 Å². The van der Waals surface area contributed by atoms with Crippen LogP contribution in [0.3, 0.4) is 0 Å². The van der Waals surface area contributed by atoms with Gasteiger partial charge in [-0.15, -0.1) is 0 Å². The van der Waals surface area contributed by atoms with E-state index in [0.717, 1.165) is 18.9 Å². The van der Waals surface area contributed by atoms with Crippen LogP contribution in [0.1, 0.15) is 45.0 Å². The summed E-state index contributed by atoms with van der Waals surface area (Å²) in [4.78, 5) is 6.65. The molecule has 0 spiro atoms. The van der Waals surface area contributed by atoms with Gasteiger partial charge < -0.3 is 9.67 Å². The van der Waals surface area contributed by atoms with E-state index in [1.807, 2.05) is 17.8 Å². The van der Waals surface area contributed by atoms with Crippen LogP contribution in [0.4, 0.5) is 0 Å². The average molecular weight is 237 g/mol. The Morgan fingerprint density at radius 1 is 1.29 bits per heavy atom. The SMILES string of the molecule is Cn1ccnc1C(O)C(C)(C)N1CCCCC1. The minimum absolute atomic E-state index is 0.250. The fraction of sp³-hybridized carbons (Fsp3) is 0.769. The highest BCUT2D eigenvalue weighted by Crippen LogP contribution is 2.31. The maximum atomic E-state index is 10.5. The summed E-state index contributed by atoms with van der Waals surface area (Å²) < 4.78 is 1.90. The Labute approximate surface area is 103 Å². The topological polar surface area (TPSA) is 41.3 Å². The summed E-state index contributed by atoms with van der Waals surface area (Å²) >= 11 is 0. The number of likely N-dealkylation sites (tertiary alicyclic amines) is 1. The molecule has 1 aromatic rings. The third-order valence-corrected chi connectivity index (χ3v) is 3.94. The lowest BCUT2D eigenvalue weighted by atomic mass is 9.91. The molecule has 1 aliphatic rings. The molecule has 1 fully saturated rings. The van der Waals surface area contributed by atoms with Gasteiger partial charge in [0.1, 0.15) is 11.9 Å². The summed E-state index contributed by atoms with van der Waals surface area (Å²) in [6.45, 7) is 6.37. The lowest BCUT2D eigenvalue weighted by Gasteiger charge is -2.43. The van der Waals surface area contributed by atoms with Crippen molar-refractivity contribution in [3.05, 3.63) is 18.2 Å². The zero-order chi connectivity index (χ0) is 12.5. The van der Waals surface area contributed by atoms with E-state index < -0.39 is 6.10 Å². The van der Waals surface area contributed by atoms with Gasteiger partial charge >= 0.3 is 0 Å². The highest BCUT2D eigenvalue weighted by molar-refractivity contribution is 5.04. The molecule has 1 atom stereocenters. The molecule has 4 nitrogen and oxygen atoms in total. The number of piperidine rings is 1. The van der Waals surface area contributed by atoms with Crippen LogP contribution in [0.2, 0.25) is 0 Å². The zero-order valence-corrected chi connectivity index (χ0v) is 11.1. The van der Waals surface area contributed by atoms with Gasteiger partial charge in [0.15, 0.2) is 0 Å². The van der Waals surface area contributed by atoms with Crippen LogP contribution in [0.15, 0.2) is 12.4 Å². The molecule has 0 bridgehead atoms. The quantitative estimate of drug-likeness (QED) is 0.870. The number of rotatable bonds is 3. The van der Waals surface area contributed by atoms with Crippen LogP contribution in [0, 0.1) is 0 Å². The molecule has 17 heavy (non-hydrogen) atoms. The van der Waals surface area contributed by atoms with Gasteiger partial charge in [0.05, 0.1) is 0 Å². The lowest BCUT2D eigenvalue weighted by molar-refractivity contribution is -0.0264. The van der Waals surface area contributed by atoms with Crippen LogP contribution in [0.5, 0.6) is 0 Å². The summed E-state index contributed by atoms with van der Waals surface area (Å²) in [6.07, 6.45) is 6.86. The molecule has 0 amide bonds. The average Bonchev–Trinajstić information content (AvgIpc) is 2.75. The van der Waals surface area contributed by atoms with Crippen molar-refractivity contribution in [3.63, 3.8) is 0 Å². The van der Waals surface area contributed by atoms with Crippen LogP contribution in [0.25, 0.3) is 0 Å². The number of aryl methyl sites for hydroxylation is 1. The second-order valence-electron chi connectivity index (χ2n) is 5.50. The van der Waals surface area contributed by atoms with Crippen molar-refractivity contribution in [2.24, 2.45) is 7.05 Å². The second-order valence-corrected chi connectivity index (χ2v) is 5.50. The van der Waals surface area contributed by atoms with E-state index in [-0.39, 0.29) is 5.54 Å². The number of hydrogen-bond acceptors (Lipinski definition) is 3. The molecule has 4 heteroatoms. The van der Waals surface area contributed by atoms with Crippen LogP contribution in [-0.2, 0) is 7.05 Å². The maximum absolute atomic E-state index is 10.5. The van der Waals surface area contributed by atoms with Crippen LogP contribution in [-0.4, -0.2) is 38.2 Å². The highest BCUT2D eigenvalue weighted by Gasteiger charge is 2.37. The number of aliphatic hydroxyl groups excluding tert-OH is 1. The summed E-state index contributed by atoms with van der Waals surface area (Å²) in [5.74, 6) is 0.751. The number of imidazole rings is 1. The standard InChI is InChI=1S/C13H23N3O/c1-13(2,16-8-5-4-6-9-16)11(17)12-14-7-10-15(12)3/h7,10-11,17H,4-6,8-9H2,1-3H3. The van der Waals surface area contributed by atoms with E-state index in [2.05, 4.69) is 23.7 Å². The lowest BCUT2D eigenvalue weighted by Crippen LogP contribution is -2.51. The maximum Gasteiger partial charge on any atom is 0.139 e. The van der Waals surface area contributed by atoms with Gasteiger partial charge in [-0.05, 0) is 39.8 Å². The van der Waals surface area contributed by atoms with E-state index >= 15 is 0 Å². The van der Waals surface area contributed by atoms with Gasteiger partial charge in [-0.2, -0.15) is 0 Å². The molecule has 0 aliphatic carbocycles. The smallest absolute Gasteiger partial charge is 0.139 e. The Balaban J connectivity index is 2.16. The molecule has 1 unspecified atom stereocenters. The summed E-state index contributed by atoms with van der Waals surface area (Å²) in [5, 5.41) is 10.5. The predicted molar refractivity (Wildman–Crippen MR) is 67.7 cm³/mol. The van der Waals surface area contributed by atoms with Crippen molar-refractivity contribution >= 4 is 0 Å². The Kier molecular flexibility index (Phi) is 3.54. The van der Waals surface area contributed by atoms with E-state index in [9.17, 15) is 5.11 Å². The largest absolute Gasteiger partial charge is 0.383 e. The van der Waals surface area contributed by atoms with Gasteiger partial charge in [-0.3, -0.25) is 4.90 Å². The van der Waals surface area contributed by atoms with E-state index in [4.69, 9.17) is 0 Å². The van der Waals surface area contributed by atoms with E-state index in [1.165, 1.54) is 19.3 Å². The van der Waals surface area contributed by atoms with Gasteiger partial charge in [-0.25, -0.2) is 4.98 Å².